The largest absolute Gasteiger partial charge is 0.481 e. The molecule has 2 aromatic rings. The third-order valence-corrected chi connectivity index (χ3v) is 5.42. The molecule has 0 bridgehead atoms. The summed E-state index contributed by atoms with van der Waals surface area (Å²) in [7, 11) is 0. The molecule has 2 N–H and O–H groups in total. The number of halogens is 3. The summed E-state index contributed by atoms with van der Waals surface area (Å²) in [5, 5.41) is 15.9. The number of carbonyl (C=O) groups is 1. The van der Waals surface area contributed by atoms with E-state index in [9.17, 15) is 18.0 Å². The van der Waals surface area contributed by atoms with Crippen LogP contribution in [0.4, 0.5) is 13.2 Å². The van der Waals surface area contributed by atoms with Gasteiger partial charge in [0.05, 0.1) is 17.7 Å². The molecule has 0 saturated carbocycles. The number of carboxylic acids is 1. The Morgan fingerprint density at radius 3 is 2.62 bits per heavy atom. The maximum Gasteiger partial charge on any atom is 0.416 e. The molecule has 0 fully saturated rings. The van der Waals surface area contributed by atoms with Crippen LogP contribution in [0.2, 0.25) is 0 Å². The summed E-state index contributed by atoms with van der Waals surface area (Å²) < 4.78 is 38.8. The molecule has 0 aromatic heterocycles. The SMILES string of the molecule is C/C(=N\OCC1C=CC(c2cccc(C(F)(F)F)c2)=CC1)c1ccc(CNCCC(=O)O)cc1. The Labute approximate surface area is 196 Å². The van der Waals surface area contributed by atoms with Crippen LogP contribution in [0.15, 0.2) is 71.9 Å². The fourth-order valence-electron chi connectivity index (χ4n) is 3.45. The number of carboxylic acid groups (broad SMARTS) is 1. The summed E-state index contributed by atoms with van der Waals surface area (Å²) in [5.41, 5.74) is 3.33. The molecule has 8 heteroatoms. The Kier molecular flexibility index (Phi) is 8.65. The molecule has 2 aromatic carbocycles. The van der Waals surface area contributed by atoms with E-state index in [1.165, 1.54) is 6.07 Å². The molecular weight excluding hydrogens is 445 g/mol. The molecule has 0 radical (unpaired) electrons. The van der Waals surface area contributed by atoms with Crippen molar-refractivity contribution in [3.05, 3.63) is 89.0 Å². The van der Waals surface area contributed by atoms with Crippen molar-refractivity contribution in [2.24, 2.45) is 11.1 Å². The first kappa shape index (κ1) is 25.2. The molecule has 0 spiro atoms. The van der Waals surface area contributed by atoms with E-state index >= 15 is 0 Å². The Morgan fingerprint density at radius 1 is 1.21 bits per heavy atom. The number of oxime groups is 1. The van der Waals surface area contributed by atoms with E-state index in [2.05, 4.69) is 10.5 Å². The molecule has 1 aliphatic carbocycles. The van der Waals surface area contributed by atoms with Gasteiger partial charge in [-0.25, -0.2) is 0 Å². The van der Waals surface area contributed by atoms with E-state index in [4.69, 9.17) is 9.94 Å². The predicted molar refractivity (Wildman–Crippen MR) is 125 cm³/mol. The maximum absolute atomic E-state index is 12.9. The minimum atomic E-state index is -4.36. The second-order valence-corrected chi connectivity index (χ2v) is 8.08. The zero-order valence-corrected chi connectivity index (χ0v) is 18.8. The Hall–Kier alpha value is -3.39. The van der Waals surface area contributed by atoms with Crippen molar-refractivity contribution in [2.45, 2.75) is 32.5 Å². The molecule has 1 aliphatic rings. The van der Waals surface area contributed by atoms with E-state index in [0.717, 1.165) is 34.5 Å². The van der Waals surface area contributed by atoms with E-state index in [-0.39, 0.29) is 12.3 Å². The molecule has 0 aliphatic heterocycles. The zero-order valence-electron chi connectivity index (χ0n) is 18.8. The van der Waals surface area contributed by atoms with Crippen molar-refractivity contribution >= 4 is 17.3 Å². The van der Waals surface area contributed by atoms with Gasteiger partial charge in [-0.2, -0.15) is 13.2 Å². The van der Waals surface area contributed by atoms with Crippen molar-refractivity contribution in [1.29, 1.82) is 0 Å². The Bertz CT molecular complexity index is 1070. The highest BCUT2D eigenvalue weighted by atomic mass is 19.4. The lowest BCUT2D eigenvalue weighted by Gasteiger charge is -2.16. The van der Waals surface area contributed by atoms with Crippen molar-refractivity contribution in [3.8, 4) is 0 Å². The second-order valence-electron chi connectivity index (χ2n) is 8.08. The van der Waals surface area contributed by atoms with Gasteiger partial charge in [0, 0.05) is 19.0 Å². The zero-order chi connectivity index (χ0) is 24.6. The van der Waals surface area contributed by atoms with E-state index in [0.29, 0.717) is 31.7 Å². The van der Waals surface area contributed by atoms with Crippen LogP contribution in [0, 0.1) is 5.92 Å². The van der Waals surface area contributed by atoms with Crippen LogP contribution < -0.4 is 5.32 Å². The molecule has 0 amide bonds. The van der Waals surface area contributed by atoms with Crippen molar-refractivity contribution in [1.82, 2.24) is 5.32 Å². The summed E-state index contributed by atoms with van der Waals surface area (Å²) >= 11 is 0. The molecule has 1 atom stereocenters. The topological polar surface area (TPSA) is 70.9 Å². The monoisotopic (exact) mass is 472 g/mol. The number of nitrogens with one attached hydrogen (secondary N) is 1. The normalized spacial score (nSPS) is 16.3. The second kappa shape index (κ2) is 11.7. The summed E-state index contributed by atoms with van der Waals surface area (Å²) in [5.74, 6) is -0.740. The van der Waals surface area contributed by atoms with Gasteiger partial charge in [0.2, 0.25) is 0 Å². The highest BCUT2D eigenvalue weighted by molar-refractivity contribution is 5.98. The fraction of sp³-hybridized carbons (Fsp3) is 0.308. The van der Waals surface area contributed by atoms with Gasteiger partial charge < -0.3 is 15.3 Å². The molecule has 0 heterocycles. The van der Waals surface area contributed by atoms with E-state index < -0.39 is 17.7 Å². The Morgan fingerprint density at radius 2 is 1.97 bits per heavy atom. The van der Waals surface area contributed by atoms with Gasteiger partial charge in [-0.15, -0.1) is 0 Å². The van der Waals surface area contributed by atoms with Crippen LogP contribution in [0.3, 0.4) is 0 Å². The van der Waals surface area contributed by atoms with Gasteiger partial charge in [-0.05, 0) is 47.7 Å². The van der Waals surface area contributed by atoms with Crippen molar-refractivity contribution in [2.75, 3.05) is 13.2 Å². The lowest BCUT2D eigenvalue weighted by atomic mass is 9.93. The molecule has 180 valence electrons. The number of aliphatic carboxylic acids is 1. The Balaban J connectivity index is 1.47. The van der Waals surface area contributed by atoms with Crippen LogP contribution in [-0.2, 0) is 22.4 Å². The van der Waals surface area contributed by atoms with Crippen LogP contribution in [0.1, 0.15) is 42.0 Å². The number of hydrogen-bond donors (Lipinski definition) is 2. The molecule has 0 saturated heterocycles. The predicted octanol–water partition coefficient (Wildman–Crippen LogP) is 5.67. The number of nitrogens with zero attached hydrogens (tertiary/aromatic N) is 1. The van der Waals surface area contributed by atoms with Gasteiger partial charge in [0.1, 0.15) is 6.61 Å². The first-order chi connectivity index (χ1) is 16.2. The average molecular weight is 473 g/mol. The van der Waals surface area contributed by atoms with Gasteiger partial charge in [-0.1, -0.05) is 59.8 Å². The minimum Gasteiger partial charge on any atom is -0.481 e. The number of hydrogen-bond acceptors (Lipinski definition) is 4. The van der Waals surface area contributed by atoms with Crippen LogP contribution in [0.25, 0.3) is 5.57 Å². The number of benzene rings is 2. The smallest absolute Gasteiger partial charge is 0.416 e. The summed E-state index contributed by atoms with van der Waals surface area (Å²) in [4.78, 5) is 16.0. The number of allylic oxidation sites excluding steroid dienone is 3. The molecular formula is C26H27F3N2O3. The molecule has 5 nitrogen and oxygen atoms in total. The van der Waals surface area contributed by atoms with Crippen LogP contribution in [0.5, 0.6) is 0 Å². The van der Waals surface area contributed by atoms with Gasteiger partial charge in [0.15, 0.2) is 0 Å². The number of alkyl halides is 3. The van der Waals surface area contributed by atoms with Crippen LogP contribution in [-0.4, -0.2) is 29.9 Å². The fourth-order valence-corrected chi connectivity index (χ4v) is 3.45. The average Bonchev–Trinajstić information content (AvgIpc) is 2.82. The third kappa shape index (κ3) is 7.59. The quantitative estimate of drug-likeness (QED) is 0.266. The first-order valence-electron chi connectivity index (χ1n) is 11.0. The van der Waals surface area contributed by atoms with E-state index in [1.54, 1.807) is 6.07 Å². The van der Waals surface area contributed by atoms with Gasteiger partial charge in [-0.3, -0.25) is 4.79 Å². The van der Waals surface area contributed by atoms with Crippen molar-refractivity contribution < 1.29 is 27.9 Å². The minimum absolute atomic E-state index is 0.0831. The molecule has 1 unspecified atom stereocenters. The molecule has 34 heavy (non-hydrogen) atoms. The highest BCUT2D eigenvalue weighted by Crippen LogP contribution is 2.32. The third-order valence-electron chi connectivity index (χ3n) is 5.42. The van der Waals surface area contributed by atoms with Gasteiger partial charge >= 0.3 is 12.1 Å². The highest BCUT2D eigenvalue weighted by Gasteiger charge is 2.30. The summed E-state index contributed by atoms with van der Waals surface area (Å²) in [6.45, 7) is 3.22. The standard InChI is InChI=1S/C26H27F3N2O3/c1-18(21-9-5-19(6-10-21)16-30-14-13-25(32)33)31-34-17-20-7-11-22(12-8-20)23-3-2-4-24(15-23)26(27,28)29/h2-7,9-12,15,20,30H,8,13-14,16-17H2,1H3,(H,32,33)/b31-18+. The molecule has 3 rings (SSSR count). The lowest BCUT2D eigenvalue weighted by Crippen LogP contribution is -2.17. The maximum atomic E-state index is 12.9. The van der Waals surface area contributed by atoms with Crippen molar-refractivity contribution in [3.63, 3.8) is 0 Å². The van der Waals surface area contributed by atoms with Gasteiger partial charge in [0.25, 0.3) is 0 Å². The first-order valence-corrected chi connectivity index (χ1v) is 11.0. The van der Waals surface area contributed by atoms with E-state index in [1.807, 2.05) is 49.4 Å². The number of rotatable bonds is 10. The summed E-state index contributed by atoms with van der Waals surface area (Å²) in [6, 6.07) is 13.1. The lowest BCUT2D eigenvalue weighted by molar-refractivity contribution is -0.138. The van der Waals surface area contributed by atoms with Crippen LogP contribution >= 0.6 is 0 Å². The summed E-state index contributed by atoms with van der Waals surface area (Å²) in [6.07, 6.45) is 2.06.